The van der Waals surface area contributed by atoms with E-state index in [1.807, 2.05) is 38.1 Å². The first-order valence-corrected chi connectivity index (χ1v) is 6.58. The summed E-state index contributed by atoms with van der Waals surface area (Å²) in [7, 11) is 1.76. The third-order valence-corrected chi connectivity index (χ3v) is 3.12. The van der Waals surface area contributed by atoms with Crippen LogP contribution in [0.25, 0.3) is 0 Å². The van der Waals surface area contributed by atoms with Gasteiger partial charge in [-0.15, -0.1) is 0 Å². The first-order valence-electron chi connectivity index (χ1n) is 6.58. The van der Waals surface area contributed by atoms with Crippen molar-refractivity contribution in [3.8, 4) is 0 Å². The second-order valence-corrected chi connectivity index (χ2v) is 4.53. The predicted octanol–water partition coefficient (Wildman–Crippen LogP) is 2.89. The Bertz CT molecular complexity index is 660. The number of benzene rings is 1. The van der Waals surface area contributed by atoms with Gasteiger partial charge >= 0.3 is 5.69 Å². The molecule has 0 saturated carbocycles. The first kappa shape index (κ1) is 14.7. The molecule has 1 heterocycles. The summed E-state index contributed by atoms with van der Waals surface area (Å²) in [6.07, 6.45) is 1.33. The molecule has 0 bridgehead atoms. The molecule has 0 radical (unpaired) electrons. The standard InChI is InChI=1S/C14H17N5O2/c1-4-15-13-12(19(20)21)14(17-9-16-13)18(3)11-8-6-5-7-10(11)2/h5-9H,4H2,1-3H3,(H,15,16,17). The molecule has 1 aromatic carbocycles. The Kier molecular flexibility index (Phi) is 4.32. The second-order valence-electron chi connectivity index (χ2n) is 4.53. The highest BCUT2D eigenvalue weighted by Crippen LogP contribution is 2.35. The fourth-order valence-corrected chi connectivity index (χ4v) is 2.13. The summed E-state index contributed by atoms with van der Waals surface area (Å²) in [4.78, 5) is 20.7. The van der Waals surface area contributed by atoms with Gasteiger partial charge in [0, 0.05) is 19.3 Å². The van der Waals surface area contributed by atoms with Gasteiger partial charge in [0.25, 0.3) is 0 Å². The van der Waals surface area contributed by atoms with Crippen LogP contribution in [0.5, 0.6) is 0 Å². The summed E-state index contributed by atoms with van der Waals surface area (Å²) in [6.45, 7) is 4.35. The predicted molar refractivity (Wildman–Crippen MR) is 82.1 cm³/mol. The van der Waals surface area contributed by atoms with Crippen molar-refractivity contribution >= 4 is 23.0 Å². The Morgan fingerprint density at radius 3 is 2.67 bits per heavy atom. The number of aromatic nitrogens is 2. The maximum atomic E-state index is 11.4. The Morgan fingerprint density at radius 2 is 2.05 bits per heavy atom. The van der Waals surface area contributed by atoms with Gasteiger partial charge in [0.1, 0.15) is 6.33 Å². The smallest absolute Gasteiger partial charge is 0.353 e. The van der Waals surface area contributed by atoms with Crippen molar-refractivity contribution in [2.75, 3.05) is 23.8 Å². The van der Waals surface area contributed by atoms with Crippen LogP contribution in [-0.4, -0.2) is 28.5 Å². The Morgan fingerprint density at radius 1 is 1.33 bits per heavy atom. The summed E-state index contributed by atoms with van der Waals surface area (Å²) < 4.78 is 0. The summed E-state index contributed by atoms with van der Waals surface area (Å²) in [5, 5.41) is 14.3. The van der Waals surface area contributed by atoms with Gasteiger partial charge in [-0.05, 0) is 25.5 Å². The molecule has 7 heteroatoms. The van der Waals surface area contributed by atoms with Crippen molar-refractivity contribution in [1.29, 1.82) is 0 Å². The number of anilines is 3. The normalized spacial score (nSPS) is 10.2. The molecule has 1 aromatic heterocycles. The molecule has 2 rings (SSSR count). The van der Waals surface area contributed by atoms with Gasteiger partial charge in [0.15, 0.2) is 0 Å². The van der Waals surface area contributed by atoms with Crippen LogP contribution in [0, 0.1) is 17.0 Å². The third kappa shape index (κ3) is 2.91. The lowest BCUT2D eigenvalue weighted by Crippen LogP contribution is -2.16. The minimum atomic E-state index is -0.456. The second kappa shape index (κ2) is 6.17. The summed E-state index contributed by atoms with van der Waals surface area (Å²) >= 11 is 0. The van der Waals surface area contributed by atoms with Gasteiger partial charge < -0.3 is 10.2 Å². The van der Waals surface area contributed by atoms with E-state index in [1.165, 1.54) is 6.33 Å². The molecule has 0 saturated heterocycles. The average Bonchev–Trinajstić information content (AvgIpc) is 2.47. The topological polar surface area (TPSA) is 84.2 Å². The van der Waals surface area contributed by atoms with Crippen LogP contribution in [0.1, 0.15) is 12.5 Å². The monoisotopic (exact) mass is 287 g/mol. The third-order valence-electron chi connectivity index (χ3n) is 3.12. The van der Waals surface area contributed by atoms with E-state index in [4.69, 9.17) is 0 Å². The minimum Gasteiger partial charge on any atom is -0.364 e. The van der Waals surface area contributed by atoms with E-state index in [1.54, 1.807) is 11.9 Å². The van der Waals surface area contributed by atoms with Gasteiger partial charge in [0.2, 0.25) is 11.6 Å². The molecular weight excluding hydrogens is 270 g/mol. The molecule has 0 spiro atoms. The van der Waals surface area contributed by atoms with E-state index < -0.39 is 4.92 Å². The molecule has 21 heavy (non-hydrogen) atoms. The van der Waals surface area contributed by atoms with E-state index >= 15 is 0 Å². The molecule has 1 N–H and O–H groups in total. The largest absolute Gasteiger partial charge is 0.364 e. The Labute approximate surface area is 122 Å². The van der Waals surface area contributed by atoms with Crippen LogP contribution in [0.15, 0.2) is 30.6 Å². The maximum Gasteiger partial charge on any atom is 0.353 e. The molecule has 0 amide bonds. The molecule has 0 aliphatic rings. The van der Waals surface area contributed by atoms with E-state index in [0.29, 0.717) is 6.54 Å². The van der Waals surface area contributed by atoms with Gasteiger partial charge in [0.05, 0.1) is 4.92 Å². The highest BCUT2D eigenvalue weighted by molar-refractivity contribution is 5.76. The van der Waals surface area contributed by atoms with Crippen molar-refractivity contribution in [2.24, 2.45) is 0 Å². The molecule has 0 atom stereocenters. The summed E-state index contributed by atoms with van der Waals surface area (Å²) in [5.74, 6) is 0.494. The number of hydrogen-bond acceptors (Lipinski definition) is 6. The molecule has 2 aromatic rings. The van der Waals surface area contributed by atoms with Crippen molar-refractivity contribution in [2.45, 2.75) is 13.8 Å². The number of aryl methyl sites for hydroxylation is 1. The fourth-order valence-electron chi connectivity index (χ4n) is 2.13. The molecule has 0 aliphatic carbocycles. The van der Waals surface area contributed by atoms with Crippen LogP contribution in [0.2, 0.25) is 0 Å². The van der Waals surface area contributed by atoms with E-state index in [2.05, 4.69) is 15.3 Å². The number of nitrogens with one attached hydrogen (secondary N) is 1. The van der Waals surface area contributed by atoms with Gasteiger partial charge in [-0.1, -0.05) is 18.2 Å². The first-order chi connectivity index (χ1) is 10.1. The quantitative estimate of drug-likeness (QED) is 0.672. The Hall–Kier alpha value is -2.70. The van der Waals surface area contributed by atoms with E-state index in [0.717, 1.165) is 11.3 Å². The lowest BCUT2D eigenvalue weighted by Gasteiger charge is -2.20. The highest BCUT2D eigenvalue weighted by atomic mass is 16.6. The van der Waals surface area contributed by atoms with E-state index in [9.17, 15) is 10.1 Å². The fraction of sp³-hybridized carbons (Fsp3) is 0.286. The van der Waals surface area contributed by atoms with Crippen LogP contribution >= 0.6 is 0 Å². The zero-order valence-electron chi connectivity index (χ0n) is 12.2. The molecule has 0 unspecified atom stereocenters. The Balaban J connectivity index is 2.55. The van der Waals surface area contributed by atoms with Gasteiger partial charge in [-0.25, -0.2) is 9.97 Å². The van der Waals surface area contributed by atoms with Crippen molar-refractivity contribution in [3.05, 3.63) is 46.3 Å². The SMILES string of the molecule is CCNc1ncnc(N(C)c2ccccc2C)c1[N+](=O)[O-]. The lowest BCUT2D eigenvalue weighted by atomic mass is 10.2. The van der Waals surface area contributed by atoms with Crippen molar-refractivity contribution < 1.29 is 4.92 Å². The average molecular weight is 287 g/mol. The summed E-state index contributed by atoms with van der Waals surface area (Å²) in [5.41, 5.74) is 1.75. The zero-order chi connectivity index (χ0) is 15.4. The minimum absolute atomic E-state index is 0.120. The molecular formula is C14H17N5O2. The number of nitrogens with zero attached hydrogens (tertiary/aromatic N) is 4. The maximum absolute atomic E-state index is 11.4. The molecule has 0 fully saturated rings. The number of nitro groups is 1. The van der Waals surface area contributed by atoms with E-state index in [-0.39, 0.29) is 17.3 Å². The van der Waals surface area contributed by atoms with Crippen LogP contribution in [0.3, 0.4) is 0 Å². The zero-order valence-corrected chi connectivity index (χ0v) is 12.2. The summed E-state index contributed by atoms with van der Waals surface area (Å²) in [6, 6.07) is 7.65. The molecule has 0 aliphatic heterocycles. The van der Waals surface area contributed by atoms with Crippen molar-refractivity contribution in [3.63, 3.8) is 0 Å². The number of hydrogen-bond donors (Lipinski definition) is 1. The van der Waals surface area contributed by atoms with Crippen LogP contribution in [-0.2, 0) is 0 Å². The number of para-hydroxylation sites is 1. The molecule has 7 nitrogen and oxygen atoms in total. The highest BCUT2D eigenvalue weighted by Gasteiger charge is 2.26. The van der Waals surface area contributed by atoms with Crippen molar-refractivity contribution in [1.82, 2.24) is 9.97 Å². The van der Waals surface area contributed by atoms with Gasteiger partial charge in [-0.2, -0.15) is 0 Å². The van der Waals surface area contributed by atoms with Gasteiger partial charge in [-0.3, -0.25) is 10.1 Å². The van der Waals surface area contributed by atoms with Crippen LogP contribution in [0.4, 0.5) is 23.0 Å². The van der Waals surface area contributed by atoms with Crippen LogP contribution < -0.4 is 10.2 Å². The molecule has 110 valence electrons. The number of rotatable bonds is 5. The lowest BCUT2D eigenvalue weighted by molar-refractivity contribution is -0.383.